The van der Waals surface area contributed by atoms with E-state index in [4.69, 9.17) is 5.73 Å². The SMILES string of the molecule is CC1CCN(S(=O)(=O)N2CCCC2)C(CN)C1.Cl. The summed E-state index contributed by atoms with van der Waals surface area (Å²) in [6.07, 6.45) is 3.81. The molecule has 0 bridgehead atoms. The van der Waals surface area contributed by atoms with Crippen LogP contribution in [0.3, 0.4) is 0 Å². The molecule has 2 aliphatic heterocycles. The van der Waals surface area contributed by atoms with Gasteiger partial charge in [-0.3, -0.25) is 0 Å². The molecule has 0 saturated carbocycles. The number of nitrogens with two attached hydrogens (primary N) is 1. The zero-order valence-electron chi connectivity index (χ0n) is 10.9. The average molecular weight is 298 g/mol. The molecule has 0 radical (unpaired) electrons. The van der Waals surface area contributed by atoms with Crippen molar-refractivity contribution in [2.24, 2.45) is 11.7 Å². The first-order valence-corrected chi connectivity index (χ1v) is 7.92. The van der Waals surface area contributed by atoms with Gasteiger partial charge in [0, 0.05) is 32.2 Å². The lowest BCUT2D eigenvalue weighted by Crippen LogP contribution is -2.53. The highest BCUT2D eigenvalue weighted by Gasteiger charge is 2.38. The van der Waals surface area contributed by atoms with Crippen molar-refractivity contribution in [2.75, 3.05) is 26.2 Å². The van der Waals surface area contributed by atoms with Crippen LogP contribution < -0.4 is 5.73 Å². The van der Waals surface area contributed by atoms with Gasteiger partial charge >= 0.3 is 0 Å². The molecule has 7 heteroatoms. The third-order valence-electron chi connectivity index (χ3n) is 3.88. The van der Waals surface area contributed by atoms with E-state index < -0.39 is 10.2 Å². The van der Waals surface area contributed by atoms with E-state index in [9.17, 15) is 8.42 Å². The summed E-state index contributed by atoms with van der Waals surface area (Å²) in [6, 6.07) is -0.00986. The van der Waals surface area contributed by atoms with Crippen molar-refractivity contribution in [3.05, 3.63) is 0 Å². The predicted molar refractivity (Wildman–Crippen MR) is 74.9 cm³/mol. The number of halogens is 1. The Morgan fingerprint density at radius 1 is 1.22 bits per heavy atom. The monoisotopic (exact) mass is 297 g/mol. The van der Waals surface area contributed by atoms with E-state index in [0.717, 1.165) is 25.7 Å². The number of hydrogen-bond acceptors (Lipinski definition) is 3. The molecular formula is C11H24ClN3O2S. The molecule has 0 aromatic carbocycles. The molecular weight excluding hydrogens is 274 g/mol. The molecule has 2 atom stereocenters. The smallest absolute Gasteiger partial charge is 0.282 e. The summed E-state index contributed by atoms with van der Waals surface area (Å²) >= 11 is 0. The van der Waals surface area contributed by atoms with Gasteiger partial charge in [0.2, 0.25) is 0 Å². The summed E-state index contributed by atoms with van der Waals surface area (Å²) in [5.41, 5.74) is 5.73. The quantitative estimate of drug-likeness (QED) is 0.838. The summed E-state index contributed by atoms with van der Waals surface area (Å²) in [5.74, 6) is 0.577. The standard InChI is InChI=1S/C11H23N3O2S.ClH/c1-10-4-7-14(11(8-10)9-12)17(15,16)13-5-2-3-6-13;/h10-11H,2-9,12H2,1H3;1H. The Kier molecular flexibility index (Phi) is 5.86. The van der Waals surface area contributed by atoms with Crippen LogP contribution in [0.25, 0.3) is 0 Å². The fourth-order valence-corrected chi connectivity index (χ4v) is 4.72. The highest BCUT2D eigenvalue weighted by molar-refractivity contribution is 7.86. The summed E-state index contributed by atoms with van der Waals surface area (Å²) < 4.78 is 28.2. The summed E-state index contributed by atoms with van der Waals surface area (Å²) in [7, 11) is -3.26. The first-order chi connectivity index (χ1) is 8.05. The van der Waals surface area contributed by atoms with Crippen molar-refractivity contribution < 1.29 is 8.42 Å². The normalized spacial score (nSPS) is 31.2. The van der Waals surface area contributed by atoms with E-state index in [1.165, 1.54) is 0 Å². The molecule has 2 heterocycles. The van der Waals surface area contributed by atoms with Crippen LogP contribution >= 0.6 is 12.4 Å². The van der Waals surface area contributed by atoms with E-state index >= 15 is 0 Å². The second-order valence-electron chi connectivity index (χ2n) is 5.24. The molecule has 0 aromatic heterocycles. The van der Waals surface area contributed by atoms with E-state index in [-0.39, 0.29) is 18.4 Å². The lowest BCUT2D eigenvalue weighted by molar-refractivity contribution is 0.200. The van der Waals surface area contributed by atoms with Gasteiger partial charge in [-0.05, 0) is 31.6 Å². The van der Waals surface area contributed by atoms with Crippen LogP contribution in [0, 0.1) is 5.92 Å². The molecule has 2 rings (SSSR count). The van der Waals surface area contributed by atoms with Crippen LogP contribution in [0.2, 0.25) is 0 Å². The fraction of sp³-hybridized carbons (Fsp3) is 1.00. The molecule has 2 saturated heterocycles. The van der Waals surface area contributed by atoms with Gasteiger partial charge in [0.1, 0.15) is 0 Å². The van der Waals surface area contributed by atoms with Crippen molar-refractivity contribution in [3.8, 4) is 0 Å². The van der Waals surface area contributed by atoms with Gasteiger partial charge in [-0.15, -0.1) is 12.4 Å². The molecule has 2 N–H and O–H groups in total. The Morgan fingerprint density at radius 2 is 1.83 bits per heavy atom. The summed E-state index contributed by atoms with van der Waals surface area (Å²) in [5, 5.41) is 0. The maximum Gasteiger partial charge on any atom is 0.282 e. The molecule has 5 nitrogen and oxygen atoms in total. The molecule has 2 fully saturated rings. The summed E-state index contributed by atoms with van der Waals surface area (Å²) in [6.45, 7) is 4.57. The lowest BCUT2D eigenvalue weighted by atomic mass is 9.94. The average Bonchev–Trinajstić information content (AvgIpc) is 2.82. The van der Waals surface area contributed by atoms with Crippen molar-refractivity contribution in [3.63, 3.8) is 0 Å². The molecule has 0 spiro atoms. The van der Waals surface area contributed by atoms with Gasteiger partial charge in [0.25, 0.3) is 10.2 Å². The molecule has 18 heavy (non-hydrogen) atoms. The largest absolute Gasteiger partial charge is 0.329 e. The van der Waals surface area contributed by atoms with Crippen LogP contribution in [-0.4, -0.2) is 49.2 Å². The minimum atomic E-state index is -3.26. The second kappa shape index (κ2) is 6.52. The number of piperidine rings is 1. The molecule has 0 amide bonds. The Labute approximate surface area is 116 Å². The van der Waals surface area contributed by atoms with Gasteiger partial charge in [0.05, 0.1) is 0 Å². The van der Waals surface area contributed by atoms with Crippen LogP contribution in [0.5, 0.6) is 0 Å². The van der Waals surface area contributed by atoms with Gasteiger partial charge in [-0.1, -0.05) is 6.92 Å². The third kappa shape index (κ3) is 3.17. The maximum absolute atomic E-state index is 12.5. The topological polar surface area (TPSA) is 66.6 Å². The van der Waals surface area contributed by atoms with E-state index in [2.05, 4.69) is 6.92 Å². The van der Waals surface area contributed by atoms with Gasteiger partial charge < -0.3 is 5.73 Å². The zero-order chi connectivity index (χ0) is 12.5. The minimum absolute atomic E-state index is 0. The van der Waals surface area contributed by atoms with Crippen LogP contribution in [0.15, 0.2) is 0 Å². The molecule has 0 aliphatic carbocycles. The predicted octanol–water partition coefficient (Wildman–Crippen LogP) is 0.808. The number of rotatable bonds is 3. The highest BCUT2D eigenvalue weighted by atomic mass is 35.5. The third-order valence-corrected chi connectivity index (χ3v) is 5.97. The van der Waals surface area contributed by atoms with Gasteiger partial charge in [0.15, 0.2) is 0 Å². The molecule has 2 aliphatic rings. The van der Waals surface area contributed by atoms with Crippen molar-refractivity contribution in [1.29, 1.82) is 0 Å². The van der Waals surface area contributed by atoms with Gasteiger partial charge in [-0.2, -0.15) is 17.0 Å². The van der Waals surface area contributed by atoms with Crippen LogP contribution in [-0.2, 0) is 10.2 Å². The molecule has 108 valence electrons. The summed E-state index contributed by atoms with van der Waals surface area (Å²) in [4.78, 5) is 0. The first kappa shape index (κ1) is 16.2. The van der Waals surface area contributed by atoms with E-state index in [0.29, 0.717) is 32.1 Å². The van der Waals surface area contributed by atoms with E-state index in [1.54, 1.807) is 8.61 Å². The van der Waals surface area contributed by atoms with Crippen LogP contribution in [0.4, 0.5) is 0 Å². The Balaban J connectivity index is 0.00000162. The first-order valence-electron chi connectivity index (χ1n) is 6.52. The van der Waals surface area contributed by atoms with Crippen molar-refractivity contribution >= 4 is 22.6 Å². The van der Waals surface area contributed by atoms with Crippen molar-refractivity contribution in [1.82, 2.24) is 8.61 Å². The minimum Gasteiger partial charge on any atom is -0.329 e. The second-order valence-corrected chi connectivity index (χ2v) is 7.12. The molecule has 2 unspecified atom stereocenters. The maximum atomic E-state index is 12.5. The van der Waals surface area contributed by atoms with Gasteiger partial charge in [-0.25, -0.2) is 0 Å². The zero-order valence-corrected chi connectivity index (χ0v) is 12.5. The number of nitrogens with zero attached hydrogens (tertiary/aromatic N) is 2. The Bertz CT molecular complexity index is 357. The lowest BCUT2D eigenvalue weighted by Gasteiger charge is -2.38. The van der Waals surface area contributed by atoms with Crippen molar-refractivity contribution in [2.45, 2.75) is 38.6 Å². The van der Waals surface area contributed by atoms with Crippen LogP contribution in [0.1, 0.15) is 32.6 Å². The number of hydrogen-bond donors (Lipinski definition) is 1. The fourth-order valence-electron chi connectivity index (χ4n) is 2.81. The Hall–Kier alpha value is 0.120. The van der Waals surface area contributed by atoms with E-state index in [1.807, 2.05) is 0 Å². The Morgan fingerprint density at radius 3 is 2.39 bits per heavy atom. The highest BCUT2D eigenvalue weighted by Crippen LogP contribution is 2.27. The molecule has 0 aromatic rings.